The summed E-state index contributed by atoms with van der Waals surface area (Å²) in [6, 6.07) is 3.86. The molecule has 0 radical (unpaired) electrons. The molecular weight excluding hydrogens is 264 g/mol. The maximum absolute atomic E-state index is 3.86. The van der Waals surface area contributed by atoms with Gasteiger partial charge in [-0.05, 0) is 63.6 Å². The van der Waals surface area contributed by atoms with Crippen LogP contribution in [0.15, 0.2) is 6.07 Å². The van der Waals surface area contributed by atoms with E-state index in [1.54, 1.807) is 0 Å². The van der Waals surface area contributed by atoms with Gasteiger partial charge in [0.1, 0.15) is 0 Å². The maximum Gasteiger partial charge on any atom is 0.0302 e. The van der Waals surface area contributed by atoms with Gasteiger partial charge in [-0.3, -0.25) is 0 Å². The molecule has 0 amide bonds. The molecule has 2 aliphatic rings. The number of thiophene rings is 1. The van der Waals surface area contributed by atoms with E-state index in [1.165, 1.54) is 60.4 Å². The van der Waals surface area contributed by atoms with Gasteiger partial charge in [0.15, 0.2) is 0 Å². The summed E-state index contributed by atoms with van der Waals surface area (Å²) in [6.07, 6.45) is 8.37. The van der Waals surface area contributed by atoms with Gasteiger partial charge in [-0.2, -0.15) is 0 Å². The third-order valence-corrected chi connectivity index (χ3v) is 6.34. The highest BCUT2D eigenvalue weighted by Gasteiger charge is 2.33. The Kier molecular flexibility index (Phi) is 4.79. The zero-order valence-corrected chi connectivity index (χ0v) is 13.7. The summed E-state index contributed by atoms with van der Waals surface area (Å²) >= 11 is 1.96. The molecule has 1 aromatic rings. The molecule has 3 heteroatoms. The van der Waals surface area contributed by atoms with Crippen LogP contribution in [0.3, 0.4) is 0 Å². The van der Waals surface area contributed by atoms with Gasteiger partial charge >= 0.3 is 0 Å². The first kappa shape index (κ1) is 14.6. The molecule has 1 aliphatic heterocycles. The van der Waals surface area contributed by atoms with E-state index in [0.29, 0.717) is 0 Å². The van der Waals surface area contributed by atoms with E-state index >= 15 is 0 Å². The van der Waals surface area contributed by atoms with Crippen LogP contribution in [-0.4, -0.2) is 18.6 Å². The zero-order valence-electron chi connectivity index (χ0n) is 12.9. The summed E-state index contributed by atoms with van der Waals surface area (Å²) in [5.41, 5.74) is 1.45. The quantitative estimate of drug-likeness (QED) is 0.883. The van der Waals surface area contributed by atoms with Crippen molar-refractivity contribution in [2.24, 2.45) is 5.92 Å². The minimum absolute atomic E-state index is 0.730. The Bertz CT molecular complexity index is 415. The van der Waals surface area contributed by atoms with Crippen molar-refractivity contribution in [1.29, 1.82) is 0 Å². The number of aryl methyl sites for hydroxylation is 2. The Morgan fingerprint density at radius 2 is 2.10 bits per heavy atom. The summed E-state index contributed by atoms with van der Waals surface area (Å²) in [6.45, 7) is 6.75. The first-order valence-corrected chi connectivity index (χ1v) is 9.08. The van der Waals surface area contributed by atoms with Crippen LogP contribution in [0.25, 0.3) is 0 Å². The SMILES string of the molecule is Cc1cc(CNC2CCCC2C2CCCCN2)sc1C. The number of hydrogen-bond acceptors (Lipinski definition) is 3. The van der Waals surface area contributed by atoms with Crippen LogP contribution >= 0.6 is 11.3 Å². The highest BCUT2D eigenvalue weighted by molar-refractivity contribution is 7.12. The number of piperidine rings is 1. The second-order valence-corrected chi connectivity index (χ2v) is 7.93. The van der Waals surface area contributed by atoms with E-state index in [1.807, 2.05) is 11.3 Å². The second kappa shape index (κ2) is 6.59. The molecule has 0 spiro atoms. The van der Waals surface area contributed by atoms with Gasteiger partial charge in [-0.1, -0.05) is 12.8 Å². The molecule has 0 aromatic carbocycles. The number of hydrogen-bond donors (Lipinski definition) is 2. The molecule has 1 aliphatic carbocycles. The lowest BCUT2D eigenvalue weighted by molar-refractivity contribution is 0.257. The molecule has 2 fully saturated rings. The van der Waals surface area contributed by atoms with Gasteiger partial charge < -0.3 is 10.6 Å². The molecule has 2 heterocycles. The van der Waals surface area contributed by atoms with Gasteiger partial charge in [0.05, 0.1) is 0 Å². The van der Waals surface area contributed by atoms with E-state index in [-0.39, 0.29) is 0 Å². The normalized spacial score (nSPS) is 30.8. The van der Waals surface area contributed by atoms with E-state index < -0.39 is 0 Å². The van der Waals surface area contributed by atoms with Gasteiger partial charge in [0.25, 0.3) is 0 Å². The topological polar surface area (TPSA) is 24.1 Å². The molecule has 0 bridgehead atoms. The highest BCUT2D eigenvalue weighted by atomic mass is 32.1. The van der Waals surface area contributed by atoms with E-state index in [4.69, 9.17) is 0 Å². The molecule has 1 aromatic heterocycles. The average Bonchev–Trinajstić information content (AvgIpc) is 3.05. The molecular formula is C17H28N2S. The fourth-order valence-electron chi connectivity index (χ4n) is 3.94. The lowest BCUT2D eigenvalue weighted by Crippen LogP contribution is -2.46. The maximum atomic E-state index is 3.86. The van der Waals surface area contributed by atoms with Crippen molar-refractivity contribution in [3.63, 3.8) is 0 Å². The molecule has 3 atom stereocenters. The summed E-state index contributed by atoms with van der Waals surface area (Å²) in [4.78, 5) is 2.97. The van der Waals surface area contributed by atoms with Gasteiger partial charge in [0, 0.05) is 28.4 Å². The molecule has 112 valence electrons. The summed E-state index contributed by atoms with van der Waals surface area (Å²) < 4.78 is 0. The predicted molar refractivity (Wildman–Crippen MR) is 87.4 cm³/mol. The smallest absolute Gasteiger partial charge is 0.0302 e. The predicted octanol–water partition coefficient (Wildman–Crippen LogP) is 3.77. The van der Waals surface area contributed by atoms with Gasteiger partial charge in [-0.25, -0.2) is 0 Å². The van der Waals surface area contributed by atoms with Crippen LogP contribution in [0.1, 0.15) is 53.8 Å². The van der Waals surface area contributed by atoms with E-state index in [9.17, 15) is 0 Å². The van der Waals surface area contributed by atoms with E-state index in [2.05, 4.69) is 30.5 Å². The Balaban J connectivity index is 1.55. The first-order chi connectivity index (χ1) is 9.74. The fourth-order valence-corrected chi connectivity index (χ4v) is 4.94. The average molecular weight is 292 g/mol. The van der Waals surface area contributed by atoms with Crippen LogP contribution in [0, 0.1) is 19.8 Å². The third-order valence-electron chi connectivity index (χ3n) is 5.19. The number of nitrogens with one attached hydrogen (secondary N) is 2. The van der Waals surface area contributed by atoms with Crippen LogP contribution in [0.5, 0.6) is 0 Å². The largest absolute Gasteiger partial charge is 0.314 e. The lowest BCUT2D eigenvalue weighted by atomic mass is 9.88. The van der Waals surface area contributed by atoms with Crippen molar-refractivity contribution >= 4 is 11.3 Å². The molecule has 20 heavy (non-hydrogen) atoms. The van der Waals surface area contributed by atoms with Crippen molar-refractivity contribution in [2.75, 3.05) is 6.54 Å². The molecule has 2 nitrogen and oxygen atoms in total. The Morgan fingerprint density at radius 1 is 1.20 bits per heavy atom. The highest BCUT2D eigenvalue weighted by Crippen LogP contribution is 2.32. The molecule has 1 saturated heterocycles. The fraction of sp³-hybridized carbons (Fsp3) is 0.765. The molecule has 3 rings (SSSR count). The van der Waals surface area contributed by atoms with Crippen molar-refractivity contribution < 1.29 is 0 Å². The van der Waals surface area contributed by atoms with Crippen LogP contribution in [0.2, 0.25) is 0 Å². The van der Waals surface area contributed by atoms with Crippen LogP contribution < -0.4 is 10.6 Å². The minimum Gasteiger partial charge on any atom is -0.314 e. The number of rotatable bonds is 4. The molecule has 2 N–H and O–H groups in total. The first-order valence-electron chi connectivity index (χ1n) is 8.27. The van der Waals surface area contributed by atoms with Crippen LogP contribution in [-0.2, 0) is 6.54 Å². The van der Waals surface area contributed by atoms with Crippen molar-refractivity contribution in [1.82, 2.24) is 10.6 Å². The molecule has 1 saturated carbocycles. The monoisotopic (exact) mass is 292 g/mol. The van der Waals surface area contributed by atoms with Crippen LogP contribution in [0.4, 0.5) is 0 Å². The standard InChI is InChI=1S/C17H28N2S/c1-12-10-14(20-13(12)2)11-19-17-8-5-6-15(17)16-7-3-4-9-18-16/h10,15-19H,3-9,11H2,1-2H3. The minimum atomic E-state index is 0.730. The Hall–Kier alpha value is -0.380. The van der Waals surface area contributed by atoms with E-state index in [0.717, 1.165) is 24.5 Å². The third kappa shape index (κ3) is 3.26. The Labute approximate surface area is 127 Å². The second-order valence-electron chi connectivity index (χ2n) is 6.59. The van der Waals surface area contributed by atoms with Gasteiger partial charge in [-0.15, -0.1) is 11.3 Å². The lowest BCUT2D eigenvalue weighted by Gasteiger charge is -2.33. The summed E-state index contributed by atoms with van der Waals surface area (Å²) in [5, 5.41) is 7.62. The zero-order chi connectivity index (χ0) is 13.9. The van der Waals surface area contributed by atoms with Crippen molar-refractivity contribution in [3.05, 3.63) is 21.4 Å². The summed E-state index contributed by atoms with van der Waals surface area (Å²) in [5.74, 6) is 0.859. The molecule has 3 unspecified atom stereocenters. The summed E-state index contributed by atoms with van der Waals surface area (Å²) in [7, 11) is 0. The Morgan fingerprint density at radius 3 is 2.80 bits per heavy atom. The van der Waals surface area contributed by atoms with Crippen molar-refractivity contribution in [2.45, 2.75) is 71.0 Å². The van der Waals surface area contributed by atoms with Gasteiger partial charge in [0.2, 0.25) is 0 Å². The van der Waals surface area contributed by atoms with Crippen molar-refractivity contribution in [3.8, 4) is 0 Å².